The fourth-order valence-corrected chi connectivity index (χ4v) is 12.2. The number of halogens is 1. The van der Waals surface area contributed by atoms with Crippen LogP contribution >= 0.6 is 11.9 Å². The number of fused-ring (bicyclic) bond motifs is 1. The molecular weight excluding hydrogens is 892 g/mol. The number of carbonyl (C=O) groups is 1. The summed E-state index contributed by atoms with van der Waals surface area (Å²) >= 11 is 1.08. The van der Waals surface area contributed by atoms with Crippen LogP contribution in [0.5, 0.6) is 17.4 Å². The van der Waals surface area contributed by atoms with Gasteiger partial charge in [-0.25, -0.2) is 4.39 Å². The Morgan fingerprint density at radius 1 is 0.971 bits per heavy atom. The minimum absolute atomic E-state index is 0.209. The van der Waals surface area contributed by atoms with Gasteiger partial charge < -0.3 is 29.8 Å². The van der Waals surface area contributed by atoms with Crippen molar-refractivity contribution in [1.82, 2.24) is 24.5 Å². The van der Waals surface area contributed by atoms with Gasteiger partial charge in [0.15, 0.2) is 5.75 Å². The molecule has 3 aliphatic heterocycles. The lowest BCUT2D eigenvalue weighted by Crippen LogP contribution is -2.63. The van der Waals surface area contributed by atoms with Crippen LogP contribution in [0.25, 0.3) is 11.0 Å². The summed E-state index contributed by atoms with van der Waals surface area (Å²) in [5, 5.41) is 17.3. The number of hydrogen-bond acceptors (Lipinski definition) is 12. The topological polar surface area (TPSA) is 148 Å². The molecule has 366 valence electrons. The van der Waals surface area contributed by atoms with Crippen LogP contribution in [-0.2, 0) is 0 Å². The summed E-state index contributed by atoms with van der Waals surface area (Å²) < 4.78 is 30.9. The molecule has 5 heterocycles. The smallest absolute Gasteiger partial charge is 0.265 e. The van der Waals surface area contributed by atoms with Crippen LogP contribution in [0.3, 0.4) is 0 Å². The summed E-state index contributed by atoms with van der Waals surface area (Å²) in [4.78, 5) is 41.9. The number of hydrogen-bond donors (Lipinski definition) is 4. The standard InChI is InChI=1S/C54H67FN8O5S/c1-35(2)39-8-4-5-9-40(39)41-10-6-11-47(41)63-33-54(34-63)20-24-62(25-21-54)37-12-14-42(48(28-37)68-49-30-43-44(55)32-57-50(43)58-52(49)67-27-26-61-22-7-23-61)51(64)60-69-38-13-15-45(46(29-38)59-66)56-31-36-16-18-53(3,65)19-17-36/h4-5,8-9,12-15,28-30,32,35-36,41,47,56,65H,6-7,10-11,16-27,31,33-34H2,1-3H3,(H,57,58)(H,60,64)/t36?,41-,47-,53?/m0/s1. The van der Waals surface area contributed by atoms with Gasteiger partial charge in [0.25, 0.3) is 11.8 Å². The fourth-order valence-electron chi connectivity index (χ4n) is 11.6. The third-order valence-electron chi connectivity index (χ3n) is 15.9. The monoisotopic (exact) mass is 958 g/mol. The lowest BCUT2D eigenvalue weighted by Gasteiger charge is -2.57. The van der Waals surface area contributed by atoms with Gasteiger partial charge in [0.1, 0.15) is 29.5 Å². The number of pyridine rings is 1. The van der Waals surface area contributed by atoms with Gasteiger partial charge in [-0.2, -0.15) is 4.98 Å². The molecule has 1 amide bonds. The molecule has 2 aliphatic carbocycles. The van der Waals surface area contributed by atoms with E-state index >= 15 is 4.39 Å². The Kier molecular flexibility index (Phi) is 13.9. The summed E-state index contributed by atoms with van der Waals surface area (Å²) in [5.74, 6) is 1.33. The molecule has 10 rings (SSSR count). The molecule has 0 unspecified atom stereocenters. The van der Waals surface area contributed by atoms with Gasteiger partial charge in [-0.15, -0.1) is 4.91 Å². The Labute approximate surface area is 409 Å². The molecule has 0 radical (unpaired) electrons. The predicted octanol–water partition coefficient (Wildman–Crippen LogP) is 11.1. The van der Waals surface area contributed by atoms with Gasteiger partial charge >= 0.3 is 0 Å². The van der Waals surface area contributed by atoms with E-state index in [0.717, 1.165) is 108 Å². The Hall–Kier alpha value is -5.22. The average molecular weight is 959 g/mol. The molecule has 4 N–H and O–H groups in total. The molecule has 3 saturated heterocycles. The number of piperidine rings is 1. The number of aliphatic hydroxyl groups is 1. The summed E-state index contributed by atoms with van der Waals surface area (Å²) in [6.45, 7) is 14.4. The minimum atomic E-state index is -0.612. The molecule has 3 aromatic carbocycles. The summed E-state index contributed by atoms with van der Waals surface area (Å²) in [5.41, 5.74) is 5.17. The number of aromatic amines is 1. The van der Waals surface area contributed by atoms with Crippen molar-refractivity contribution in [3.63, 3.8) is 0 Å². The molecule has 2 aromatic heterocycles. The van der Waals surface area contributed by atoms with E-state index in [2.05, 4.69) is 78.0 Å². The van der Waals surface area contributed by atoms with Crippen LogP contribution < -0.4 is 24.4 Å². The van der Waals surface area contributed by atoms with E-state index in [9.17, 15) is 14.8 Å². The number of nitroso groups, excluding NO2 is 1. The number of amides is 1. The van der Waals surface area contributed by atoms with E-state index in [4.69, 9.17) is 9.47 Å². The fraction of sp³-hybridized carbons (Fsp3) is 0.519. The molecule has 15 heteroatoms. The minimum Gasteiger partial charge on any atom is -0.474 e. The highest BCUT2D eigenvalue weighted by Crippen LogP contribution is 2.49. The summed E-state index contributed by atoms with van der Waals surface area (Å²) in [7, 11) is 0. The number of carbonyl (C=O) groups excluding carboxylic acids is 1. The van der Waals surface area contributed by atoms with Gasteiger partial charge in [0.2, 0.25) is 0 Å². The third-order valence-corrected chi connectivity index (χ3v) is 16.7. The zero-order chi connectivity index (χ0) is 47.7. The zero-order valence-electron chi connectivity index (χ0n) is 40.3. The van der Waals surface area contributed by atoms with E-state index in [0.29, 0.717) is 64.3 Å². The normalized spacial score (nSPS) is 23.7. The van der Waals surface area contributed by atoms with E-state index in [-0.39, 0.29) is 28.3 Å². The molecule has 2 atom stereocenters. The van der Waals surface area contributed by atoms with E-state index in [1.165, 1.54) is 31.0 Å². The van der Waals surface area contributed by atoms with Crippen LogP contribution in [-0.4, -0.2) is 101 Å². The molecule has 1 spiro atoms. The van der Waals surface area contributed by atoms with E-state index < -0.39 is 17.3 Å². The van der Waals surface area contributed by atoms with E-state index in [1.807, 2.05) is 31.2 Å². The SMILES string of the molecule is CC(C)c1ccccc1[C@@H]1CCC[C@@H]1N1CC2(CCN(c3ccc(C(=O)NSc4ccc(NCC5CCC(C)(O)CC5)c(N=O)c4)c(Oc4cc5c(F)c[nH]c5nc4OCCN4CCC4)c3)CC2)C1. The largest absolute Gasteiger partial charge is 0.474 e. The third kappa shape index (κ3) is 10.5. The maximum atomic E-state index is 15.1. The first-order valence-electron chi connectivity index (χ1n) is 25.3. The van der Waals surface area contributed by atoms with E-state index in [1.54, 1.807) is 23.8 Å². The number of nitrogens with zero attached hydrogens (tertiary/aromatic N) is 5. The lowest BCUT2D eigenvalue weighted by atomic mass is 9.70. The number of H-pyrrole nitrogens is 1. The first-order chi connectivity index (χ1) is 33.4. The van der Waals surface area contributed by atoms with Gasteiger partial charge in [0, 0.05) is 74.2 Å². The van der Waals surface area contributed by atoms with Crippen molar-refractivity contribution >= 4 is 46.0 Å². The molecule has 13 nitrogen and oxygen atoms in total. The second-order valence-electron chi connectivity index (χ2n) is 21.1. The maximum absolute atomic E-state index is 15.1. The summed E-state index contributed by atoms with van der Waals surface area (Å²) in [6.07, 6.45) is 11.7. The van der Waals surface area contributed by atoms with Gasteiger partial charge in [-0.05, 0) is 160 Å². The highest BCUT2D eigenvalue weighted by molar-refractivity contribution is 7.98. The number of anilines is 2. The van der Waals surface area contributed by atoms with Crippen molar-refractivity contribution in [2.24, 2.45) is 16.5 Å². The number of ether oxygens (including phenoxy) is 2. The second kappa shape index (κ2) is 20.2. The van der Waals surface area contributed by atoms with Crippen LogP contribution in [0.1, 0.15) is 118 Å². The Morgan fingerprint density at radius 3 is 2.52 bits per heavy atom. The molecule has 69 heavy (non-hydrogen) atoms. The lowest BCUT2D eigenvalue weighted by molar-refractivity contribution is -0.0493. The maximum Gasteiger partial charge on any atom is 0.265 e. The summed E-state index contributed by atoms with van der Waals surface area (Å²) in [6, 6.07) is 22.3. The number of nitrogens with one attached hydrogen (secondary N) is 3. The van der Waals surface area contributed by atoms with Gasteiger partial charge in [-0.1, -0.05) is 44.5 Å². The predicted molar refractivity (Wildman–Crippen MR) is 272 cm³/mol. The Bertz CT molecular complexity index is 2630. The van der Waals surface area contributed by atoms with Crippen molar-refractivity contribution < 1.29 is 23.8 Å². The van der Waals surface area contributed by atoms with Crippen LogP contribution in [0.15, 0.2) is 83.0 Å². The zero-order valence-corrected chi connectivity index (χ0v) is 41.1. The van der Waals surface area contributed by atoms with Crippen molar-refractivity contribution in [2.75, 3.05) is 69.2 Å². The van der Waals surface area contributed by atoms with Crippen LogP contribution in [0.2, 0.25) is 0 Å². The number of benzene rings is 3. The van der Waals surface area contributed by atoms with Crippen molar-refractivity contribution in [1.29, 1.82) is 0 Å². The number of aromatic nitrogens is 2. The van der Waals surface area contributed by atoms with Crippen molar-refractivity contribution in [3.05, 3.63) is 100 Å². The Morgan fingerprint density at radius 2 is 1.77 bits per heavy atom. The molecule has 5 aliphatic rings. The van der Waals surface area contributed by atoms with Crippen molar-refractivity contribution in [3.8, 4) is 17.4 Å². The van der Waals surface area contributed by atoms with Crippen LogP contribution in [0.4, 0.5) is 21.5 Å². The highest BCUT2D eigenvalue weighted by Gasteiger charge is 2.49. The molecular formula is C54H67FN8O5S. The quantitative estimate of drug-likeness (QED) is 0.0521. The molecule has 0 bridgehead atoms. The molecule has 5 aromatic rings. The molecule has 5 fully saturated rings. The molecule has 2 saturated carbocycles. The first-order valence-corrected chi connectivity index (χ1v) is 26.1. The van der Waals surface area contributed by atoms with Gasteiger partial charge in [-0.3, -0.25) is 19.3 Å². The second-order valence-corrected chi connectivity index (χ2v) is 21.9. The highest BCUT2D eigenvalue weighted by atomic mass is 32.2. The van der Waals surface area contributed by atoms with Crippen molar-refractivity contribution in [2.45, 2.75) is 113 Å². The van der Waals surface area contributed by atoms with Gasteiger partial charge in [0.05, 0.1) is 22.2 Å². The van der Waals surface area contributed by atoms with Crippen LogP contribution in [0, 0.1) is 22.1 Å². The Balaban J connectivity index is 0.849. The number of likely N-dealkylation sites (tertiary alicyclic amines) is 2. The number of rotatable bonds is 17. The average Bonchev–Trinajstić information content (AvgIpc) is 3.96. The first kappa shape index (κ1) is 47.5.